The summed E-state index contributed by atoms with van der Waals surface area (Å²) in [7, 11) is 0. The average molecular weight is 176 g/mol. The van der Waals surface area contributed by atoms with Crippen molar-refractivity contribution in [2.75, 3.05) is 0 Å². The summed E-state index contributed by atoms with van der Waals surface area (Å²) >= 11 is 0. The predicted molar refractivity (Wildman–Crippen MR) is 54.9 cm³/mol. The van der Waals surface area contributed by atoms with E-state index in [1.54, 1.807) is 0 Å². The van der Waals surface area contributed by atoms with Gasteiger partial charge in [-0.05, 0) is 24.5 Å². The van der Waals surface area contributed by atoms with E-state index < -0.39 is 0 Å². The van der Waals surface area contributed by atoms with Gasteiger partial charge in [0, 0.05) is 5.92 Å². The predicted octanol–water partition coefficient (Wildman–Crippen LogP) is 3.08. The second-order valence-electron chi connectivity index (χ2n) is 3.39. The molecule has 0 bridgehead atoms. The SMILES string of the molecule is CCCC(C=O)c1ccccc1C. The van der Waals surface area contributed by atoms with Gasteiger partial charge in [-0.1, -0.05) is 37.6 Å². The van der Waals surface area contributed by atoms with Crippen molar-refractivity contribution >= 4 is 6.29 Å². The number of hydrogen-bond donors (Lipinski definition) is 0. The third-order valence-corrected chi connectivity index (χ3v) is 2.35. The second-order valence-corrected chi connectivity index (χ2v) is 3.39. The quantitative estimate of drug-likeness (QED) is 0.644. The van der Waals surface area contributed by atoms with Crippen molar-refractivity contribution in [2.45, 2.75) is 32.6 Å². The number of hydrogen-bond acceptors (Lipinski definition) is 1. The maximum atomic E-state index is 10.8. The maximum absolute atomic E-state index is 10.8. The highest BCUT2D eigenvalue weighted by Crippen LogP contribution is 2.21. The largest absolute Gasteiger partial charge is 0.303 e. The van der Waals surface area contributed by atoms with E-state index in [0.717, 1.165) is 19.1 Å². The Morgan fingerprint density at radius 2 is 2.08 bits per heavy atom. The van der Waals surface area contributed by atoms with Crippen LogP contribution in [0.5, 0.6) is 0 Å². The van der Waals surface area contributed by atoms with Crippen LogP contribution in [0.2, 0.25) is 0 Å². The molecule has 0 heterocycles. The molecular formula is C12H16O. The molecular weight excluding hydrogens is 160 g/mol. The van der Waals surface area contributed by atoms with E-state index in [4.69, 9.17) is 0 Å². The van der Waals surface area contributed by atoms with Gasteiger partial charge >= 0.3 is 0 Å². The Hall–Kier alpha value is -1.11. The van der Waals surface area contributed by atoms with Crippen molar-refractivity contribution < 1.29 is 4.79 Å². The van der Waals surface area contributed by atoms with E-state index >= 15 is 0 Å². The normalized spacial score (nSPS) is 12.5. The van der Waals surface area contributed by atoms with Crippen molar-refractivity contribution in [3.63, 3.8) is 0 Å². The molecule has 0 spiro atoms. The molecule has 1 atom stereocenters. The summed E-state index contributed by atoms with van der Waals surface area (Å²) in [6, 6.07) is 8.10. The first-order valence-electron chi connectivity index (χ1n) is 4.80. The van der Waals surface area contributed by atoms with Crippen LogP contribution in [-0.2, 0) is 4.79 Å². The van der Waals surface area contributed by atoms with Crippen LogP contribution in [0.15, 0.2) is 24.3 Å². The lowest BCUT2D eigenvalue weighted by Crippen LogP contribution is -2.01. The smallest absolute Gasteiger partial charge is 0.127 e. The monoisotopic (exact) mass is 176 g/mol. The third kappa shape index (κ3) is 2.41. The fraction of sp³-hybridized carbons (Fsp3) is 0.417. The van der Waals surface area contributed by atoms with E-state index in [1.807, 2.05) is 18.2 Å². The summed E-state index contributed by atoms with van der Waals surface area (Å²) < 4.78 is 0. The summed E-state index contributed by atoms with van der Waals surface area (Å²) in [5.74, 6) is 0.0891. The molecule has 1 rings (SSSR count). The lowest BCUT2D eigenvalue weighted by atomic mass is 9.92. The molecule has 0 aliphatic heterocycles. The number of aldehydes is 1. The van der Waals surface area contributed by atoms with Crippen molar-refractivity contribution in [3.8, 4) is 0 Å². The molecule has 0 aromatic heterocycles. The third-order valence-electron chi connectivity index (χ3n) is 2.35. The van der Waals surface area contributed by atoms with Crippen molar-refractivity contribution in [2.24, 2.45) is 0 Å². The minimum Gasteiger partial charge on any atom is -0.303 e. The Kier molecular flexibility index (Phi) is 3.69. The Morgan fingerprint density at radius 3 is 2.62 bits per heavy atom. The van der Waals surface area contributed by atoms with Gasteiger partial charge in [-0.25, -0.2) is 0 Å². The van der Waals surface area contributed by atoms with Crippen LogP contribution >= 0.6 is 0 Å². The molecule has 0 fully saturated rings. The summed E-state index contributed by atoms with van der Waals surface area (Å²) in [5, 5.41) is 0. The molecule has 1 heteroatoms. The summed E-state index contributed by atoms with van der Waals surface area (Å²) in [6.45, 7) is 4.16. The molecule has 1 nitrogen and oxygen atoms in total. The van der Waals surface area contributed by atoms with Crippen LogP contribution in [0.1, 0.15) is 36.8 Å². The Morgan fingerprint density at radius 1 is 1.38 bits per heavy atom. The molecule has 0 amide bonds. The fourth-order valence-electron chi connectivity index (χ4n) is 1.61. The van der Waals surface area contributed by atoms with Gasteiger partial charge in [0.1, 0.15) is 6.29 Å². The van der Waals surface area contributed by atoms with Gasteiger partial charge in [-0.2, -0.15) is 0 Å². The lowest BCUT2D eigenvalue weighted by molar-refractivity contribution is -0.109. The standard InChI is InChI=1S/C12H16O/c1-3-6-11(9-13)12-8-5-4-7-10(12)2/h4-5,7-9,11H,3,6H2,1-2H3. The van der Waals surface area contributed by atoms with Crippen LogP contribution in [0.4, 0.5) is 0 Å². The fourth-order valence-corrected chi connectivity index (χ4v) is 1.61. The average Bonchev–Trinajstić information content (AvgIpc) is 2.16. The molecule has 0 N–H and O–H groups in total. The Balaban J connectivity index is 2.90. The minimum atomic E-state index is 0.0891. The zero-order valence-electron chi connectivity index (χ0n) is 8.29. The zero-order chi connectivity index (χ0) is 9.68. The summed E-state index contributed by atoms with van der Waals surface area (Å²) in [4.78, 5) is 10.8. The number of carbonyl (C=O) groups excluding carboxylic acids is 1. The molecule has 0 aliphatic carbocycles. The molecule has 1 aromatic carbocycles. The van der Waals surface area contributed by atoms with E-state index in [9.17, 15) is 4.79 Å². The first-order valence-corrected chi connectivity index (χ1v) is 4.80. The van der Waals surface area contributed by atoms with Crippen LogP contribution in [0.3, 0.4) is 0 Å². The number of rotatable bonds is 4. The molecule has 70 valence electrons. The van der Waals surface area contributed by atoms with Crippen LogP contribution in [-0.4, -0.2) is 6.29 Å². The van der Waals surface area contributed by atoms with Crippen LogP contribution in [0, 0.1) is 6.92 Å². The number of aryl methyl sites for hydroxylation is 1. The molecule has 13 heavy (non-hydrogen) atoms. The van der Waals surface area contributed by atoms with Gasteiger partial charge in [0.2, 0.25) is 0 Å². The summed E-state index contributed by atoms with van der Waals surface area (Å²) in [5.41, 5.74) is 2.40. The maximum Gasteiger partial charge on any atom is 0.127 e. The molecule has 0 radical (unpaired) electrons. The zero-order valence-corrected chi connectivity index (χ0v) is 8.29. The van der Waals surface area contributed by atoms with Crippen molar-refractivity contribution in [3.05, 3.63) is 35.4 Å². The second kappa shape index (κ2) is 4.80. The molecule has 1 unspecified atom stereocenters. The highest BCUT2D eigenvalue weighted by molar-refractivity contribution is 5.63. The number of carbonyl (C=O) groups is 1. The first kappa shape index (κ1) is 9.97. The van der Waals surface area contributed by atoms with Gasteiger partial charge < -0.3 is 4.79 Å². The topological polar surface area (TPSA) is 17.1 Å². The Labute approximate surface area is 79.8 Å². The molecule has 0 saturated carbocycles. The van der Waals surface area contributed by atoms with E-state index in [0.29, 0.717) is 0 Å². The van der Waals surface area contributed by atoms with E-state index in [-0.39, 0.29) is 5.92 Å². The van der Waals surface area contributed by atoms with E-state index in [2.05, 4.69) is 19.9 Å². The van der Waals surface area contributed by atoms with Crippen LogP contribution in [0.25, 0.3) is 0 Å². The van der Waals surface area contributed by atoms with Crippen molar-refractivity contribution in [1.29, 1.82) is 0 Å². The van der Waals surface area contributed by atoms with Gasteiger partial charge in [-0.15, -0.1) is 0 Å². The summed E-state index contributed by atoms with van der Waals surface area (Å²) in [6.07, 6.45) is 3.07. The number of benzene rings is 1. The van der Waals surface area contributed by atoms with Crippen molar-refractivity contribution in [1.82, 2.24) is 0 Å². The Bertz CT molecular complexity index is 278. The van der Waals surface area contributed by atoms with Gasteiger partial charge in [0.05, 0.1) is 0 Å². The van der Waals surface area contributed by atoms with Gasteiger partial charge in [-0.3, -0.25) is 0 Å². The van der Waals surface area contributed by atoms with Gasteiger partial charge in [0.15, 0.2) is 0 Å². The van der Waals surface area contributed by atoms with Gasteiger partial charge in [0.25, 0.3) is 0 Å². The highest BCUT2D eigenvalue weighted by Gasteiger charge is 2.10. The molecule has 1 aromatic rings. The van der Waals surface area contributed by atoms with Crippen LogP contribution < -0.4 is 0 Å². The molecule has 0 aliphatic rings. The van der Waals surface area contributed by atoms with E-state index in [1.165, 1.54) is 11.1 Å². The first-order chi connectivity index (χ1) is 6.29. The lowest BCUT2D eigenvalue weighted by Gasteiger charge is -2.11. The minimum absolute atomic E-state index is 0.0891. The molecule has 0 saturated heterocycles. The highest BCUT2D eigenvalue weighted by atomic mass is 16.1.